The first-order valence-electron chi connectivity index (χ1n) is 10.3. The van der Waals surface area contributed by atoms with E-state index in [9.17, 15) is 0 Å². The number of hydrogen-bond acceptors (Lipinski definition) is 1. The number of aromatic amines is 1. The van der Waals surface area contributed by atoms with Gasteiger partial charge in [-0.1, -0.05) is 103 Å². The van der Waals surface area contributed by atoms with Gasteiger partial charge in [0.25, 0.3) is 0 Å². The van der Waals surface area contributed by atoms with Gasteiger partial charge in [-0.25, -0.2) is 4.99 Å². The number of aromatic nitrogens is 1. The molecule has 0 saturated heterocycles. The summed E-state index contributed by atoms with van der Waals surface area (Å²) in [6.45, 7) is 0. The molecule has 0 aliphatic carbocycles. The van der Waals surface area contributed by atoms with E-state index in [1.165, 1.54) is 10.8 Å². The first kappa shape index (κ1) is 17.6. The number of rotatable bonds is 3. The molecule has 4 aromatic carbocycles. The summed E-state index contributed by atoms with van der Waals surface area (Å²) >= 11 is 0. The molecule has 1 aliphatic heterocycles. The Hall–Kier alpha value is -4.24. The zero-order chi connectivity index (χ0) is 20.8. The lowest BCUT2D eigenvalue weighted by Crippen LogP contribution is -2.03. The number of aliphatic imine (C=N–C) groups is 1. The van der Waals surface area contributed by atoms with E-state index >= 15 is 0 Å². The Morgan fingerprint density at radius 2 is 1.13 bits per heavy atom. The van der Waals surface area contributed by atoms with E-state index in [4.69, 9.17) is 5.41 Å². The molecule has 0 spiro atoms. The van der Waals surface area contributed by atoms with Crippen molar-refractivity contribution >= 4 is 22.3 Å². The Morgan fingerprint density at radius 1 is 0.548 bits per heavy atom. The number of fused-ring (bicyclic) bond motifs is 2. The van der Waals surface area contributed by atoms with E-state index in [1.807, 2.05) is 36.4 Å². The van der Waals surface area contributed by atoms with Crippen molar-refractivity contribution in [2.24, 2.45) is 4.99 Å². The van der Waals surface area contributed by atoms with Crippen molar-refractivity contribution in [1.29, 1.82) is 5.41 Å². The zero-order valence-corrected chi connectivity index (χ0v) is 16.8. The van der Waals surface area contributed by atoms with Crippen molar-refractivity contribution in [2.75, 3.05) is 0 Å². The third-order valence-electron chi connectivity index (χ3n) is 5.87. The fraction of sp³-hybridized carbons (Fsp3) is 0. The van der Waals surface area contributed by atoms with Crippen LogP contribution in [0, 0.1) is 5.41 Å². The highest BCUT2D eigenvalue weighted by atomic mass is 14.9. The van der Waals surface area contributed by atoms with Gasteiger partial charge in [-0.2, -0.15) is 0 Å². The molecule has 0 bridgehead atoms. The lowest BCUT2D eigenvalue weighted by Gasteiger charge is -2.10. The number of benzene rings is 4. The van der Waals surface area contributed by atoms with Gasteiger partial charge in [-0.15, -0.1) is 0 Å². The minimum Gasteiger partial charge on any atom is -0.354 e. The Bertz CT molecular complexity index is 1480. The molecular weight excluding hydrogens is 378 g/mol. The second kappa shape index (κ2) is 6.92. The van der Waals surface area contributed by atoms with E-state index in [-0.39, 0.29) is 0 Å². The summed E-state index contributed by atoms with van der Waals surface area (Å²) in [7, 11) is 0. The van der Waals surface area contributed by atoms with Crippen LogP contribution in [-0.4, -0.2) is 16.5 Å². The second-order valence-corrected chi connectivity index (χ2v) is 7.69. The highest BCUT2D eigenvalue weighted by Crippen LogP contribution is 2.39. The summed E-state index contributed by atoms with van der Waals surface area (Å²) in [5, 5.41) is 10.8. The van der Waals surface area contributed by atoms with Crippen LogP contribution in [0.4, 0.5) is 0 Å². The quantitative estimate of drug-likeness (QED) is 0.341. The molecule has 2 heterocycles. The molecule has 0 atom stereocenters. The minimum absolute atomic E-state index is 0.315. The lowest BCUT2D eigenvalue weighted by atomic mass is 9.92. The van der Waals surface area contributed by atoms with Crippen LogP contribution in [0.1, 0.15) is 16.7 Å². The maximum absolute atomic E-state index is 8.47. The summed E-state index contributed by atoms with van der Waals surface area (Å²) < 4.78 is 0. The highest BCUT2D eigenvalue weighted by Gasteiger charge is 2.27. The van der Waals surface area contributed by atoms with Crippen molar-refractivity contribution in [3.8, 4) is 22.5 Å². The van der Waals surface area contributed by atoms with Crippen molar-refractivity contribution < 1.29 is 0 Å². The maximum atomic E-state index is 8.47. The van der Waals surface area contributed by atoms with Crippen LogP contribution in [0.15, 0.2) is 108 Å². The average Bonchev–Trinajstić information content (AvgIpc) is 3.39. The third kappa shape index (κ3) is 2.75. The van der Waals surface area contributed by atoms with Crippen LogP contribution in [0.5, 0.6) is 0 Å². The monoisotopic (exact) mass is 397 g/mol. The van der Waals surface area contributed by atoms with Gasteiger partial charge in [-0.3, -0.25) is 5.41 Å². The Morgan fingerprint density at radius 3 is 1.84 bits per heavy atom. The number of H-pyrrole nitrogens is 1. The fourth-order valence-corrected chi connectivity index (χ4v) is 4.47. The van der Waals surface area contributed by atoms with Crippen molar-refractivity contribution in [2.45, 2.75) is 0 Å². The zero-order valence-electron chi connectivity index (χ0n) is 16.8. The van der Waals surface area contributed by atoms with Crippen LogP contribution in [0.25, 0.3) is 33.3 Å². The molecule has 0 amide bonds. The van der Waals surface area contributed by atoms with E-state index in [1.54, 1.807) is 0 Å². The summed E-state index contributed by atoms with van der Waals surface area (Å²) in [5.41, 5.74) is 8.16. The summed E-state index contributed by atoms with van der Waals surface area (Å²) in [5.74, 6) is 0.315. The normalized spacial score (nSPS) is 12.8. The molecule has 1 aliphatic rings. The average molecular weight is 397 g/mol. The van der Waals surface area contributed by atoms with Crippen LogP contribution >= 0.6 is 0 Å². The van der Waals surface area contributed by atoms with Gasteiger partial charge in [0.1, 0.15) is 0 Å². The standard InChI is InChI=1S/C28H19N3/c29-28-23-17-9-16-22(24(23)26(31-28)19-12-5-2-6-13-19)27-21-15-8-7-14-20(21)25(30-27)18-10-3-1-4-11-18/h1-17,29-30H. The molecule has 0 fully saturated rings. The van der Waals surface area contributed by atoms with E-state index in [0.29, 0.717) is 5.84 Å². The molecule has 3 heteroatoms. The van der Waals surface area contributed by atoms with Gasteiger partial charge in [-0.05, 0) is 5.56 Å². The van der Waals surface area contributed by atoms with Crippen molar-refractivity contribution in [3.05, 3.63) is 120 Å². The molecule has 2 N–H and O–H groups in total. The molecule has 0 saturated carbocycles. The predicted octanol–water partition coefficient (Wildman–Crippen LogP) is 6.68. The maximum Gasteiger partial charge on any atom is 0.153 e. The van der Waals surface area contributed by atoms with E-state index in [0.717, 1.165) is 44.9 Å². The molecule has 31 heavy (non-hydrogen) atoms. The molecule has 0 unspecified atom stereocenters. The number of nitrogens with zero attached hydrogens (tertiary/aromatic N) is 1. The molecule has 0 radical (unpaired) electrons. The summed E-state index contributed by atoms with van der Waals surface area (Å²) in [4.78, 5) is 8.36. The first-order valence-corrected chi connectivity index (χ1v) is 10.3. The lowest BCUT2D eigenvalue weighted by molar-refractivity contribution is 1.39. The second-order valence-electron chi connectivity index (χ2n) is 7.69. The first-order chi connectivity index (χ1) is 15.3. The van der Waals surface area contributed by atoms with Crippen LogP contribution in [0.3, 0.4) is 0 Å². The number of hydrogen-bond donors (Lipinski definition) is 2. The largest absolute Gasteiger partial charge is 0.354 e. The van der Waals surface area contributed by atoms with Gasteiger partial charge in [0, 0.05) is 33.0 Å². The molecule has 6 rings (SSSR count). The van der Waals surface area contributed by atoms with E-state index < -0.39 is 0 Å². The van der Waals surface area contributed by atoms with Gasteiger partial charge in [0.15, 0.2) is 5.84 Å². The molecule has 3 nitrogen and oxygen atoms in total. The van der Waals surface area contributed by atoms with Crippen LogP contribution in [0.2, 0.25) is 0 Å². The van der Waals surface area contributed by atoms with E-state index in [2.05, 4.69) is 76.7 Å². The van der Waals surface area contributed by atoms with Crippen LogP contribution < -0.4 is 0 Å². The smallest absolute Gasteiger partial charge is 0.153 e. The van der Waals surface area contributed by atoms with Crippen molar-refractivity contribution in [3.63, 3.8) is 0 Å². The molecule has 5 aromatic rings. The van der Waals surface area contributed by atoms with Gasteiger partial charge < -0.3 is 4.98 Å². The molecular formula is C28H19N3. The Labute approximate surface area is 180 Å². The minimum atomic E-state index is 0.315. The van der Waals surface area contributed by atoms with Crippen molar-refractivity contribution in [1.82, 2.24) is 4.98 Å². The third-order valence-corrected chi connectivity index (χ3v) is 5.87. The van der Waals surface area contributed by atoms with Gasteiger partial charge in [0.05, 0.1) is 17.1 Å². The predicted molar refractivity (Wildman–Crippen MR) is 128 cm³/mol. The SMILES string of the molecule is N=C1N=C(c2ccccc2)c2c1cccc2-c1[nH]c(-c2ccccc2)c2ccccc12. The summed E-state index contributed by atoms with van der Waals surface area (Å²) in [6, 6.07) is 35.2. The topological polar surface area (TPSA) is 52.0 Å². The molecule has 146 valence electrons. The Balaban J connectivity index is 1.64. The summed E-state index contributed by atoms with van der Waals surface area (Å²) in [6.07, 6.45) is 0. The number of nitrogens with one attached hydrogen (secondary N) is 2. The van der Waals surface area contributed by atoms with Gasteiger partial charge in [0.2, 0.25) is 0 Å². The highest BCUT2D eigenvalue weighted by molar-refractivity contribution is 6.30. The molecule has 1 aromatic heterocycles. The number of amidine groups is 1. The fourth-order valence-electron chi connectivity index (χ4n) is 4.47. The van der Waals surface area contributed by atoms with Crippen LogP contribution in [-0.2, 0) is 0 Å². The van der Waals surface area contributed by atoms with Gasteiger partial charge >= 0.3 is 0 Å². The Kier molecular flexibility index (Phi) is 3.93.